The lowest BCUT2D eigenvalue weighted by Gasteiger charge is -2.16. The van der Waals surface area contributed by atoms with Crippen molar-refractivity contribution in [3.63, 3.8) is 0 Å². The standard InChI is InChI=1S/C20H29N6O5PS/c1-3-30-32(29,31-4-2)14-10-6-9-13-26-18(16(17(21)27)24-25-26)22-20(33)23-19(28)15-11-7-5-8-12-15/h5,7-8,11-12H,3-4,6,9-10,13-14H2,1-2H3,(H2,21,27)(H2,22,23,28,33). The first-order chi connectivity index (χ1) is 15.8. The number of aromatic nitrogens is 3. The highest BCUT2D eigenvalue weighted by molar-refractivity contribution is 7.80. The van der Waals surface area contributed by atoms with Crippen LogP contribution in [-0.4, -0.2) is 51.3 Å². The van der Waals surface area contributed by atoms with Crippen molar-refractivity contribution in [2.45, 2.75) is 39.7 Å². The summed E-state index contributed by atoms with van der Waals surface area (Å²) < 4.78 is 24.5. The van der Waals surface area contributed by atoms with Gasteiger partial charge in [-0.2, -0.15) is 0 Å². The van der Waals surface area contributed by atoms with E-state index in [1.54, 1.807) is 44.2 Å². The van der Waals surface area contributed by atoms with Crippen LogP contribution >= 0.6 is 19.8 Å². The Morgan fingerprint density at radius 1 is 1.12 bits per heavy atom. The third kappa shape index (κ3) is 8.32. The zero-order valence-electron chi connectivity index (χ0n) is 18.7. The Morgan fingerprint density at radius 3 is 2.39 bits per heavy atom. The molecule has 0 aliphatic heterocycles. The zero-order chi connectivity index (χ0) is 24.3. The zero-order valence-corrected chi connectivity index (χ0v) is 20.4. The van der Waals surface area contributed by atoms with Gasteiger partial charge < -0.3 is 20.1 Å². The summed E-state index contributed by atoms with van der Waals surface area (Å²) in [5.41, 5.74) is 5.73. The van der Waals surface area contributed by atoms with Crippen LogP contribution in [0.2, 0.25) is 0 Å². The number of nitrogens with two attached hydrogens (primary N) is 1. The fourth-order valence-electron chi connectivity index (χ4n) is 2.97. The fraction of sp³-hybridized carbons (Fsp3) is 0.450. The third-order valence-electron chi connectivity index (χ3n) is 4.42. The van der Waals surface area contributed by atoms with E-state index in [0.717, 1.165) is 0 Å². The van der Waals surface area contributed by atoms with Crippen molar-refractivity contribution in [3.8, 4) is 0 Å². The predicted octanol–water partition coefficient (Wildman–Crippen LogP) is 2.94. The summed E-state index contributed by atoms with van der Waals surface area (Å²) >= 11 is 5.21. The minimum Gasteiger partial charge on any atom is -0.364 e. The highest BCUT2D eigenvalue weighted by Gasteiger charge is 2.23. The minimum atomic E-state index is -3.07. The molecule has 180 valence electrons. The maximum atomic E-state index is 12.5. The summed E-state index contributed by atoms with van der Waals surface area (Å²) in [5.74, 6) is -0.994. The van der Waals surface area contributed by atoms with Crippen molar-refractivity contribution >= 4 is 42.6 Å². The molecule has 13 heteroatoms. The highest BCUT2D eigenvalue weighted by atomic mass is 32.1. The molecule has 1 aromatic heterocycles. The Morgan fingerprint density at radius 2 is 1.79 bits per heavy atom. The average Bonchev–Trinajstić information content (AvgIpc) is 3.17. The van der Waals surface area contributed by atoms with Crippen molar-refractivity contribution in [1.29, 1.82) is 0 Å². The van der Waals surface area contributed by atoms with E-state index in [4.69, 9.17) is 27.0 Å². The smallest absolute Gasteiger partial charge is 0.330 e. The first-order valence-electron chi connectivity index (χ1n) is 10.6. The van der Waals surface area contributed by atoms with Crippen molar-refractivity contribution in [3.05, 3.63) is 41.6 Å². The van der Waals surface area contributed by atoms with Gasteiger partial charge in [0.25, 0.3) is 11.8 Å². The summed E-state index contributed by atoms with van der Waals surface area (Å²) in [7, 11) is -3.07. The van der Waals surface area contributed by atoms with Crippen molar-refractivity contribution in [2.24, 2.45) is 5.73 Å². The van der Waals surface area contributed by atoms with E-state index in [0.29, 0.717) is 50.7 Å². The maximum absolute atomic E-state index is 12.5. The molecule has 1 heterocycles. The van der Waals surface area contributed by atoms with Gasteiger partial charge in [0.1, 0.15) is 0 Å². The SMILES string of the molecule is CCOP(=O)(CCCCCn1nnc(C(N)=O)c1NC(=S)NC(=O)c1ccccc1)OCC. The number of nitrogens with zero attached hydrogens (tertiary/aromatic N) is 3. The fourth-order valence-corrected chi connectivity index (χ4v) is 4.89. The first kappa shape index (κ1) is 26.6. The molecule has 0 spiro atoms. The van der Waals surface area contributed by atoms with Gasteiger partial charge in [0.15, 0.2) is 16.6 Å². The third-order valence-corrected chi connectivity index (χ3v) is 6.79. The molecular formula is C20H29N6O5PS. The van der Waals surface area contributed by atoms with E-state index in [1.807, 2.05) is 0 Å². The quantitative estimate of drug-likeness (QED) is 0.216. The number of rotatable bonds is 13. The Labute approximate surface area is 197 Å². The van der Waals surface area contributed by atoms with Crippen LogP contribution in [0.3, 0.4) is 0 Å². The van der Waals surface area contributed by atoms with Gasteiger partial charge in [-0.05, 0) is 51.0 Å². The van der Waals surface area contributed by atoms with Crippen LogP contribution < -0.4 is 16.4 Å². The molecule has 0 fully saturated rings. The van der Waals surface area contributed by atoms with Gasteiger partial charge in [-0.3, -0.25) is 19.5 Å². The molecule has 2 aromatic rings. The molecule has 0 radical (unpaired) electrons. The largest absolute Gasteiger partial charge is 0.364 e. The summed E-state index contributed by atoms with van der Waals surface area (Å²) in [5, 5.41) is 13.1. The van der Waals surface area contributed by atoms with Gasteiger partial charge in [0.2, 0.25) is 0 Å². The van der Waals surface area contributed by atoms with E-state index < -0.39 is 19.4 Å². The Bertz CT molecular complexity index is 990. The topological polar surface area (TPSA) is 150 Å². The molecule has 0 atom stereocenters. The summed E-state index contributed by atoms with van der Waals surface area (Å²) in [6.45, 7) is 4.58. The molecule has 2 rings (SSSR count). The lowest BCUT2D eigenvalue weighted by Crippen LogP contribution is -2.35. The molecule has 2 amide bonds. The van der Waals surface area contributed by atoms with E-state index in [9.17, 15) is 14.2 Å². The van der Waals surface area contributed by atoms with Gasteiger partial charge >= 0.3 is 7.60 Å². The van der Waals surface area contributed by atoms with Crippen molar-refractivity contribution in [1.82, 2.24) is 20.3 Å². The minimum absolute atomic E-state index is 0.0238. The molecule has 0 aliphatic rings. The summed E-state index contributed by atoms with van der Waals surface area (Å²) in [6, 6.07) is 8.56. The van der Waals surface area contributed by atoms with E-state index in [2.05, 4.69) is 20.9 Å². The van der Waals surface area contributed by atoms with Crippen LogP contribution in [-0.2, 0) is 20.2 Å². The number of hydrogen-bond donors (Lipinski definition) is 3. The highest BCUT2D eigenvalue weighted by Crippen LogP contribution is 2.48. The second-order valence-electron chi connectivity index (χ2n) is 6.88. The number of amides is 2. The molecular weight excluding hydrogens is 467 g/mol. The lowest BCUT2D eigenvalue weighted by molar-refractivity contribution is 0.0975. The van der Waals surface area contributed by atoms with Crippen LogP contribution in [0.15, 0.2) is 30.3 Å². The normalized spacial score (nSPS) is 11.2. The van der Waals surface area contributed by atoms with Gasteiger partial charge in [-0.1, -0.05) is 29.8 Å². The van der Waals surface area contributed by atoms with Gasteiger partial charge in [0.05, 0.1) is 19.4 Å². The van der Waals surface area contributed by atoms with Crippen LogP contribution in [0.1, 0.15) is 54.0 Å². The lowest BCUT2D eigenvalue weighted by atomic mass is 10.2. The molecule has 11 nitrogen and oxygen atoms in total. The van der Waals surface area contributed by atoms with Crippen LogP contribution in [0.4, 0.5) is 5.82 Å². The van der Waals surface area contributed by atoms with Crippen molar-refractivity contribution < 1.29 is 23.2 Å². The molecule has 0 aliphatic carbocycles. The number of aryl methyl sites for hydroxylation is 1. The number of hydrogen-bond acceptors (Lipinski definition) is 8. The molecule has 0 unspecified atom stereocenters. The number of carbonyl (C=O) groups is 2. The number of primary amides is 1. The molecule has 0 saturated carbocycles. The Hall–Kier alpha value is -2.66. The van der Waals surface area contributed by atoms with Crippen molar-refractivity contribution in [2.75, 3.05) is 24.7 Å². The number of thiocarbonyl (C=S) groups is 1. The van der Waals surface area contributed by atoms with E-state index in [1.165, 1.54) is 4.68 Å². The first-order valence-corrected chi connectivity index (χ1v) is 12.7. The molecule has 33 heavy (non-hydrogen) atoms. The average molecular weight is 497 g/mol. The van der Waals surface area contributed by atoms with Crippen LogP contribution in [0, 0.1) is 0 Å². The van der Waals surface area contributed by atoms with E-state index in [-0.39, 0.29) is 16.6 Å². The number of carbonyl (C=O) groups excluding carboxylic acids is 2. The number of anilines is 1. The molecule has 0 saturated heterocycles. The summed E-state index contributed by atoms with van der Waals surface area (Å²) in [4.78, 5) is 24.0. The molecule has 1 aromatic carbocycles. The summed E-state index contributed by atoms with van der Waals surface area (Å²) in [6.07, 6.45) is 2.31. The van der Waals surface area contributed by atoms with Crippen LogP contribution in [0.25, 0.3) is 0 Å². The molecule has 4 N–H and O–H groups in total. The van der Waals surface area contributed by atoms with E-state index >= 15 is 0 Å². The maximum Gasteiger partial charge on any atom is 0.330 e. The monoisotopic (exact) mass is 496 g/mol. The van der Waals surface area contributed by atoms with Gasteiger partial charge in [-0.25, -0.2) is 4.68 Å². The second kappa shape index (κ2) is 13.1. The number of nitrogens with one attached hydrogen (secondary N) is 2. The van der Waals surface area contributed by atoms with Crippen LogP contribution in [0.5, 0.6) is 0 Å². The van der Waals surface area contributed by atoms with Gasteiger partial charge in [0, 0.05) is 12.1 Å². The number of unbranched alkanes of at least 4 members (excludes halogenated alkanes) is 2. The van der Waals surface area contributed by atoms with Gasteiger partial charge in [-0.15, -0.1) is 5.10 Å². The predicted molar refractivity (Wildman–Crippen MR) is 128 cm³/mol. The Balaban J connectivity index is 1.95. The molecule has 0 bridgehead atoms. The second-order valence-corrected chi connectivity index (χ2v) is 9.47. The number of benzene rings is 1. The Kier molecular flexibility index (Phi) is 10.6.